The maximum absolute atomic E-state index is 13.5. The van der Waals surface area contributed by atoms with Crippen LogP contribution in [0.4, 0.5) is 4.39 Å². The van der Waals surface area contributed by atoms with Crippen LogP contribution in [-0.4, -0.2) is 6.54 Å². The maximum Gasteiger partial charge on any atom is 0.126 e. The summed E-state index contributed by atoms with van der Waals surface area (Å²) in [4.78, 5) is 0. The lowest BCUT2D eigenvalue weighted by molar-refractivity contribution is 0.544. The van der Waals surface area contributed by atoms with Crippen LogP contribution >= 0.6 is 0 Å². The molecule has 0 spiro atoms. The van der Waals surface area contributed by atoms with E-state index in [2.05, 4.69) is 44.3 Å². The Kier molecular flexibility index (Phi) is 5.13. The molecule has 2 aromatic carbocycles. The van der Waals surface area contributed by atoms with Crippen LogP contribution in [0.3, 0.4) is 0 Å². The third-order valence-corrected chi connectivity index (χ3v) is 4.09. The lowest BCUT2D eigenvalue weighted by Gasteiger charge is -2.21. The first-order chi connectivity index (χ1) is 10.0. The Morgan fingerprint density at radius 2 is 1.67 bits per heavy atom. The Hall–Kier alpha value is -1.67. The molecule has 0 saturated carbocycles. The standard InChI is InChI=1S/C19H24FN/c1-5-21-19(16-9-10-18(20)15(4)11-16)12-17-13(2)7-6-8-14(17)3/h6-11,19,21H,5,12H2,1-4H3. The molecule has 0 fully saturated rings. The molecule has 0 aliphatic carbocycles. The second-order valence-corrected chi connectivity index (χ2v) is 5.69. The molecule has 0 bridgehead atoms. The lowest BCUT2D eigenvalue weighted by atomic mass is 9.92. The van der Waals surface area contributed by atoms with Crippen LogP contribution < -0.4 is 5.32 Å². The average molecular weight is 285 g/mol. The van der Waals surface area contributed by atoms with Crippen molar-refractivity contribution in [3.05, 3.63) is 70.0 Å². The highest BCUT2D eigenvalue weighted by Gasteiger charge is 2.15. The highest BCUT2D eigenvalue weighted by atomic mass is 19.1. The number of halogens is 1. The van der Waals surface area contributed by atoms with Gasteiger partial charge >= 0.3 is 0 Å². The average Bonchev–Trinajstić information content (AvgIpc) is 2.45. The maximum atomic E-state index is 13.5. The van der Waals surface area contributed by atoms with E-state index in [0.29, 0.717) is 5.56 Å². The van der Waals surface area contributed by atoms with Gasteiger partial charge in [-0.2, -0.15) is 0 Å². The Bertz CT molecular complexity index is 599. The van der Waals surface area contributed by atoms with Crippen molar-refractivity contribution in [1.29, 1.82) is 0 Å². The number of hydrogen-bond donors (Lipinski definition) is 1. The van der Waals surface area contributed by atoms with Gasteiger partial charge in [0, 0.05) is 6.04 Å². The van der Waals surface area contributed by atoms with Crippen molar-refractivity contribution in [1.82, 2.24) is 5.32 Å². The van der Waals surface area contributed by atoms with Crippen molar-refractivity contribution < 1.29 is 4.39 Å². The third-order valence-electron chi connectivity index (χ3n) is 4.09. The van der Waals surface area contributed by atoms with E-state index in [1.807, 2.05) is 19.1 Å². The summed E-state index contributed by atoms with van der Waals surface area (Å²) in [6, 6.07) is 12.0. The molecule has 0 heterocycles. The van der Waals surface area contributed by atoms with Crippen LogP contribution in [0.1, 0.15) is 40.8 Å². The Labute approximate surface area is 127 Å². The molecule has 0 aliphatic heterocycles. The van der Waals surface area contributed by atoms with Crippen LogP contribution in [-0.2, 0) is 6.42 Å². The summed E-state index contributed by atoms with van der Waals surface area (Å²) in [5.41, 5.74) is 5.87. The van der Waals surface area contributed by atoms with Gasteiger partial charge in [-0.3, -0.25) is 0 Å². The van der Waals surface area contributed by atoms with E-state index >= 15 is 0 Å². The van der Waals surface area contributed by atoms with E-state index in [4.69, 9.17) is 0 Å². The van der Waals surface area contributed by atoms with Crippen molar-refractivity contribution in [3.63, 3.8) is 0 Å². The molecule has 0 saturated heterocycles. The third kappa shape index (κ3) is 3.70. The molecular formula is C19H24FN. The molecule has 1 atom stereocenters. The molecule has 0 amide bonds. The summed E-state index contributed by atoms with van der Waals surface area (Å²) in [6.07, 6.45) is 0.928. The number of aryl methyl sites for hydroxylation is 3. The van der Waals surface area contributed by atoms with E-state index in [0.717, 1.165) is 18.5 Å². The molecule has 1 N–H and O–H groups in total. The smallest absolute Gasteiger partial charge is 0.126 e. The molecule has 0 aliphatic rings. The minimum atomic E-state index is -0.138. The fourth-order valence-corrected chi connectivity index (χ4v) is 2.81. The highest BCUT2D eigenvalue weighted by Crippen LogP contribution is 2.24. The molecule has 2 aromatic rings. The fourth-order valence-electron chi connectivity index (χ4n) is 2.81. The SMILES string of the molecule is CCNC(Cc1c(C)cccc1C)c1ccc(F)c(C)c1. The predicted molar refractivity (Wildman–Crippen MR) is 87.2 cm³/mol. The predicted octanol–water partition coefficient (Wildman–Crippen LogP) is 4.64. The second kappa shape index (κ2) is 6.86. The molecule has 1 unspecified atom stereocenters. The van der Waals surface area contributed by atoms with Gasteiger partial charge in [0.1, 0.15) is 5.82 Å². The first-order valence-electron chi connectivity index (χ1n) is 7.57. The van der Waals surface area contributed by atoms with Crippen LogP contribution in [0.25, 0.3) is 0 Å². The molecular weight excluding hydrogens is 261 g/mol. The van der Waals surface area contributed by atoms with Gasteiger partial charge in [0.05, 0.1) is 0 Å². The minimum absolute atomic E-state index is 0.138. The van der Waals surface area contributed by atoms with E-state index in [1.165, 1.54) is 16.7 Å². The zero-order valence-corrected chi connectivity index (χ0v) is 13.3. The summed E-state index contributed by atoms with van der Waals surface area (Å²) in [6.45, 7) is 9.13. The summed E-state index contributed by atoms with van der Waals surface area (Å²) < 4.78 is 13.5. The fraction of sp³-hybridized carbons (Fsp3) is 0.368. The van der Waals surface area contributed by atoms with Crippen LogP contribution in [0, 0.1) is 26.6 Å². The van der Waals surface area contributed by atoms with Gasteiger partial charge in [0.25, 0.3) is 0 Å². The zero-order valence-electron chi connectivity index (χ0n) is 13.3. The Balaban J connectivity index is 2.33. The zero-order chi connectivity index (χ0) is 15.4. The van der Waals surface area contributed by atoms with Gasteiger partial charge in [0.2, 0.25) is 0 Å². The molecule has 21 heavy (non-hydrogen) atoms. The molecule has 2 heteroatoms. The van der Waals surface area contributed by atoms with Crippen molar-refractivity contribution in [2.24, 2.45) is 0 Å². The quantitative estimate of drug-likeness (QED) is 0.843. The largest absolute Gasteiger partial charge is 0.310 e. The first-order valence-corrected chi connectivity index (χ1v) is 7.57. The molecule has 112 valence electrons. The van der Waals surface area contributed by atoms with Gasteiger partial charge in [-0.15, -0.1) is 0 Å². The van der Waals surface area contributed by atoms with Crippen molar-refractivity contribution in [3.8, 4) is 0 Å². The van der Waals surface area contributed by atoms with Crippen molar-refractivity contribution >= 4 is 0 Å². The number of likely N-dealkylation sites (N-methyl/N-ethyl adjacent to an activating group) is 1. The van der Waals surface area contributed by atoms with E-state index in [-0.39, 0.29) is 11.9 Å². The van der Waals surface area contributed by atoms with Gasteiger partial charge in [-0.1, -0.05) is 37.3 Å². The molecule has 1 nitrogen and oxygen atoms in total. The molecule has 2 rings (SSSR count). The lowest BCUT2D eigenvalue weighted by Crippen LogP contribution is -2.23. The van der Waals surface area contributed by atoms with Gasteiger partial charge in [-0.25, -0.2) is 4.39 Å². The van der Waals surface area contributed by atoms with Crippen molar-refractivity contribution in [2.45, 2.75) is 40.2 Å². The summed E-state index contributed by atoms with van der Waals surface area (Å²) in [7, 11) is 0. The molecule has 0 aromatic heterocycles. The Morgan fingerprint density at radius 1 is 1.00 bits per heavy atom. The number of rotatable bonds is 5. The monoisotopic (exact) mass is 285 g/mol. The van der Waals surface area contributed by atoms with E-state index in [9.17, 15) is 4.39 Å². The van der Waals surface area contributed by atoms with Gasteiger partial charge < -0.3 is 5.32 Å². The van der Waals surface area contributed by atoms with E-state index in [1.54, 1.807) is 6.07 Å². The summed E-state index contributed by atoms with van der Waals surface area (Å²) in [5.74, 6) is -0.138. The Morgan fingerprint density at radius 3 is 2.24 bits per heavy atom. The molecule has 0 radical (unpaired) electrons. The van der Waals surface area contributed by atoms with Crippen LogP contribution in [0.2, 0.25) is 0 Å². The van der Waals surface area contributed by atoms with Gasteiger partial charge in [-0.05, 0) is 67.6 Å². The van der Waals surface area contributed by atoms with E-state index < -0.39 is 0 Å². The highest BCUT2D eigenvalue weighted by molar-refractivity contribution is 5.36. The summed E-state index contributed by atoms with van der Waals surface area (Å²) in [5, 5.41) is 3.53. The number of hydrogen-bond acceptors (Lipinski definition) is 1. The normalized spacial score (nSPS) is 12.4. The first kappa shape index (κ1) is 15.7. The summed E-state index contributed by atoms with van der Waals surface area (Å²) >= 11 is 0. The van der Waals surface area contributed by atoms with Gasteiger partial charge in [0.15, 0.2) is 0 Å². The topological polar surface area (TPSA) is 12.0 Å². The van der Waals surface area contributed by atoms with Crippen molar-refractivity contribution in [2.75, 3.05) is 6.54 Å². The van der Waals surface area contributed by atoms with Crippen LogP contribution in [0.5, 0.6) is 0 Å². The number of nitrogens with one attached hydrogen (secondary N) is 1. The minimum Gasteiger partial charge on any atom is -0.310 e. The van der Waals surface area contributed by atoms with Crippen LogP contribution in [0.15, 0.2) is 36.4 Å². The number of benzene rings is 2. The second-order valence-electron chi connectivity index (χ2n) is 5.69.